The number of nitriles is 1. The van der Waals surface area contributed by atoms with Crippen LogP contribution in [0.4, 0.5) is 0 Å². The fraction of sp³-hybridized carbons (Fsp3) is 0.500. The van der Waals surface area contributed by atoms with Crippen LogP contribution in [0.15, 0.2) is 24.3 Å². The first-order chi connectivity index (χ1) is 8.33. The number of hydrogen-bond donors (Lipinski definition) is 1. The van der Waals surface area contributed by atoms with Crippen LogP contribution in [0.2, 0.25) is 0 Å². The van der Waals surface area contributed by atoms with E-state index < -0.39 is 0 Å². The van der Waals surface area contributed by atoms with Crippen molar-refractivity contribution < 1.29 is 4.74 Å². The van der Waals surface area contributed by atoms with Gasteiger partial charge in [0.25, 0.3) is 0 Å². The SMILES string of the molecule is COCC(NCC1CC1)c1cccc(C#N)c1. The quantitative estimate of drug-likeness (QED) is 0.815. The Balaban J connectivity index is 2.03. The average molecular weight is 230 g/mol. The molecule has 0 aliphatic heterocycles. The average Bonchev–Trinajstić information content (AvgIpc) is 3.18. The Morgan fingerprint density at radius 2 is 2.35 bits per heavy atom. The minimum absolute atomic E-state index is 0.189. The third-order valence-electron chi connectivity index (χ3n) is 3.10. The van der Waals surface area contributed by atoms with Gasteiger partial charge in [0, 0.05) is 7.11 Å². The maximum Gasteiger partial charge on any atom is 0.0991 e. The highest BCUT2D eigenvalue weighted by molar-refractivity contribution is 5.34. The number of hydrogen-bond acceptors (Lipinski definition) is 3. The second kappa shape index (κ2) is 5.81. The van der Waals surface area contributed by atoms with E-state index in [0.29, 0.717) is 12.2 Å². The van der Waals surface area contributed by atoms with Crippen molar-refractivity contribution in [2.24, 2.45) is 5.92 Å². The molecule has 90 valence electrons. The van der Waals surface area contributed by atoms with E-state index >= 15 is 0 Å². The van der Waals surface area contributed by atoms with Crippen molar-refractivity contribution in [3.8, 4) is 6.07 Å². The second-order valence-corrected chi connectivity index (χ2v) is 4.60. The summed E-state index contributed by atoms with van der Waals surface area (Å²) >= 11 is 0. The molecule has 1 fully saturated rings. The molecule has 1 aliphatic carbocycles. The summed E-state index contributed by atoms with van der Waals surface area (Å²) in [5.74, 6) is 0.841. The Morgan fingerprint density at radius 3 is 3.00 bits per heavy atom. The molecule has 1 unspecified atom stereocenters. The van der Waals surface area contributed by atoms with Crippen molar-refractivity contribution >= 4 is 0 Å². The highest BCUT2D eigenvalue weighted by Crippen LogP contribution is 2.28. The molecule has 1 aliphatic rings. The number of benzene rings is 1. The minimum atomic E-state index is 0.189. The zero-order valence-electron chi connectivity index (χ0n) is 10.1. The third-order valence-corrected chi connectivity index (χ3v) is 3.10. The molecule has 17 heavy (non-hydrogen) atoms. The van der Waals surface area contributed by atoms with Crippen LogP contribution in [0, 0.1) is 17.2 Å². The van der Waals surface area contributed by atoms with E-state index in [2.05, 4.69) is 11.4 Å². The van der Waals surface area contributed by atoms with Gasteiger partial charge in [-0.25, -0.2) is 0 Å². The molecule has 0 bridgehead atoms. The number of nitrogens with zero attached hydrogens (tertiary/aromatic N) is 1. The Labute approximate surface area is 102 Å². The van der Waals surface area contributed by atoms with E-state index in [1.165, 1.54) is 12.8 Å². The molecule has 1 saturated carbocycles. The van der Waals surface area contributed by atoms with Crippen molar-refractivity contribution in [1.82, 2.24) is 5.32 Å². The Hall–Kier alpha value is -1.37. The third kappa shape index (κ3) is 3.55. The molecular formula is C14H18N2O. The van der Waals surface area contributed by atoms with Crippen molar-refractivity contribution in [2.75, 3.05) is 20.3 Å². The van der Waals surface area contributed by atoms with Gasteiger partial charge in [0.2, 0.25) is 0 Å². The summed E-state index contributed by atoms with van der Waals surface area (Å²) in [7, 11) is 1.71. The van der Waals surface area contributed by atoms with Gasteiger partial charge in [0.15, 0.2) is 0 Å². The summed E-state index contributed by atoms with van der Waals surface area (Å²) in [6, 6.07) is 10.1. The summed E-state index contributed by atoms with van der Waals surface area (Å²) < 4.78 is 5.24. The van der Waals surface area contributed by atoms with Crippen molar-refractivity contribution in [2.45, 2.75) is 18.9 Å². The van der Waals surface area contributed by atoms with E-state index in [-0.39, 0.29) is 6.04 Å². The lowest BCUT2D eigenvalue weighted by Crippen LogP contribution is -2.27. The van der Waals surface area contributed by atoms with Gasteiger partial charge in [-0.2, -0.15) is 5.26 Å². The zero-order chi connectivity index (χ0) is 12.1. The molecule has 3 heteroatoms. The predicted octanol–water partition coefficient (Wildman–Crippen LogP) is 2.25. The molecule has 0 amide bonds. The Bertz CT molecular complexity index is 407. The lowest BCUT2D eigenvalue weighted by Gasteiger charge is -2.18. The molecule has 2 rings (SSSR count). The molecule has 0 spiro atoms. The summed E-state index contributed by atoms with van der Waals surface area (Å²) in [5, 5.41) is 12.4. The number of rotatable bonds is 6. The normalized spacial score (nSPS) is 16.5. The molecule has 0 heterocycles. The Morgan fingerprint density at radius 1 is 1.53 bits per heavy atom. The van der Waals surface area contributed by atoms with Crippen LogP contribution in [0.3, 0.4) is 0 Å². The van der Waals surface area contributed by atoms with Gasteiger partial charge >= 0.3 is 0 Å². The second-order valence-electron chi connectivity index (χ2n) is 4.60. The lowest BCUT2D eigenvalue weighted by molar-refractivity contribution is 0.166. The highest BCUT2D eigenvalue weighted by Gasteiger charge is 2.22. The smallest absolute Gasteiger partial charge is 0.0991 e. The van der Waals surface area contributed by atoms with E-state index in [4.69, 9.17) is 10.00 Å². The largest absolute Gasteiger partial charge is 0.383 e. The standard InChI is InChI=1S/C14H18N2O/c1-17-10-14(16-9-11-5-6-11)13-4-2-3-12(7-13)8-15/h2-4,7,11,14,16H,5-6,9-10H2,1H3. The molecule has 0 aromatic heterocycles. The van der Waals surface area contributed by atoms with Crippen LogP contribution in [-0.4, -0.2) is 20.3 Å². The van der Waals surface area contributed by atoms with Crippen LogP contribution >= 0.6 is 0 Å². The number of methoxy groups -OCH3 is 1. The topological polar surface area (TPSA) is 45.0 Å². The number of ether oxygens (including phenoxy) is 1. The highest BCUT2D eigenvalue weighted by atomic mass is 16.5. The van der Waals surface area contributed by atoms with Gasteiger partial charge < -0.3 is 10.1 Å². The lowest BCUT2D eigenvalue weighted by atomic mass is 10.0. The minimum Gasteiger partial charge on any atom is -0.383 e. The fourth-order valence-electron chi connectivity index (χ4n) is 1.90. The van der Waals surface area contributed by atoms with Crippen LogP contribution < -0.4 is 5.32 Å². The van der Waals surface area contributed by atoms with E-state index in [1.807, 2.05) is 24.3 Å². The summed E-state index contributed by atoms with van der Waals surface area (Å²) in [5.41, 5.74) is 1.84. The molecule has 0 radical (unpaired) electrons. The predicted molar refractivity (Wildman–Crippen MR) is 66.5 cm³/mol. The van der Waals surface area contributed by atoms with Gasteiger partial charge in [0.1, 0.15) is 0 Å². The van der Waals surface area contributed by atoms with Gasteiger partial charge in [-0.3, -0.25) is 0 Å². The molecule has 3 nitrogen and oxygen atoms in total. The first kappa shape index (κ1) is 12.1. The van der Waals surface area contributed by atoms with Gasteiger partial charge in [-0.15, -0.1) is 0 Å². The van der Waals surface area contributed by atoms with E-state index in [1.54, 1.807) is 7.11 Å². The van der Waals surface area contributed by atoms with Gasteiger partial charge in [-0.05, 0) is 43.0 Å². The molecule has 1 aromatic carbocycles. The van der Waals surface area contributed by atoms with Gasteiger partial charge in [-0.1, -0.05) is 12.1 Å². The monoisotopic (exact) mass is 230 g/mol. The van der Waals surface area contributed by atoms with E-state index in [0.717, 1.165) is 18.0 Å². The first-order valence-corrected chi connectivity index (χ1v) is 6.06. The van der Waals surface area contributed by atoms with E-state index in [9.17, 15) is 0 Å². The summed E-state index contributed by atoms with van der Waals surface area (Å²) in [6.07, 6.45) is 2.68. The molecule has 1 N–H and O–H groups in total. The first-order valence-electron chi connectivity index (χ1n) is 6.06. The maximum atomic E-state index is 8.90. The molecule has 1 aromatic rings. The van der Waals surface area contributed by atoms with Crippen molar-refractivity contribution in [1.29, 1.82) is 5.26 Å². The fourth-order valence-corrected chi connectivity index (χ4v) is 1.90. The maximum absolute atomic E-state index is 8.90. The molecule has 1 atom stereocenters. The van der Waals surface area contributed by atoms with Crippen molar-refractivity contribution in [3.63, 3.8) is 0 Å². The number of nitrogens with one attached hydrogen (secondary N) is 1. The van der Waals surface area contributed by atoms with Crippen LogP contribution in [0.1, 0.15) is 30.0 Å². The van der Waals surface area contributed by atoms with Crippen LogP contribution in [0.5, 0.6) is 0 Å². The molecule has 0 saturated heterocycles. The summed E-state index contributed by atoms with van der Waals surface area (Å²) in [6.45, 7) is 1.69. The summed E-state index contributed by atoms with van der Waals surface area (Å²) in [4.78, 5) is 0. The zero-order valence-corrected chi connectivity index (χ0v) is 10.1. The van der Waals surface area contributed by atoms with Crippen LogP contribution in [-0.2, 0) is 4.74 Å². The van der Waals surface area contributed by atoms with Crippen molar-refractivity contribution in [3.05, 3.63) is 35.4 Å². The van der Waals surface area contributed by atoms with Gasteiger partial charge in [0.05, 0.1) is 24.3 Å². The Kier molecular flexibility index (Phi) is 4.13. The van der Waals surface area contributed by atoms with Crippen LogP contribution in [0.25, 0.3) is 0 Å². The molecular weight excluding hydrogens is 212 g/mol.